The van der Waals surface area contributed by atoms with Crippen LogP contribution in [0.4, 0.5) is 0 Å². The van der Waals surface area contributed by atoms with E-state index >= 15 is 0 Å². The average molecular weight is 1070 g/mol. The highest BCUT2D eigenvalue weighted by molar-refractivity contribution is 5.76. The van der Waals surface area contributed by atoms with Gasteiger partial charge < -0.3 is 20.3 Å². The highest BCUT2D eigenvalue weighted by Crippen LogP contribution is 2.19. The zero-order chi connectivity index (χ0) is 55.0. The normalized spacial score (nSPS) is 12.5. The van der Waals surface area contributed by atoms with Crippen LogP contribution < -0.4 is 5.32 Å². The summed E-state index contributed by atoms with van der Waals surface area (Å²) in [5.41, 5.74) is 0. The monoisotopic (exact) mass is 1070 g/mol. The SMILES string of the molecule is CCCCCCCCCCCCCCCCC/C=C/C(O)C(CO)NC(=O)CCCCCCCCCCCCCCCCCCCCCCCCCCCCCCCCCOC(=O)CCCCCCCCCCCCC. The van der Waals surface area contributed by atoms with Crippen molar-refractivity contribution in [3.05, 3.63) is 12.2 Å². The molecule has 3 N–H and O–H groups in total. The molecule has 0 radical (unpaired) electrons. The Morgan fingerprint density at radius 3 is 0.895 bits per heavy atom. The molecule has 0 aromatic rings. The van der Waals surface area contributed by atoms with Crippen molar-refractivity contribution in [3.63, 3.8) is 0 Å². The summed E-state index contributed by atoms with van der Waals surface area (Å²) in [5.74, 6) is -0.0393. The Balaban J connectivity index is 3.34. The van der Waals surface area contributed by atoms with Crippen LogP contribution in [0.3, 0.4) is 0 Å². The van der Waals surface area contributed by atoms with E-state index in [0.29, 0.717) is 19.4 Å². The van der Waals surface area contributed by atoms with E-state index in [0.717, 1.165) is 38.5 Å². The van der Waals surface area contributed by atoms with Gasteiger partial charge in [0.25, 0.3) is 0 Å². The molecule has 0 rings (SSSR count). The molecule has 6 heteroatoms. The minimum atomic E-state index is -0.841. The van der Waals surface area contributed by atoms with Gasteiger partial charge in [0.1, 0.15) is 0 Å². The van der Waals surface area contributed by atoms with Crippen LogP contribution in [-0.2, 0) is 14.3 Å². The van der Waals surface area contributed by atoms with Crippen molar-refractivity contribution in [3.8, 4) is 0 Å². The van der Waals surface area contributed by atoms with Gasteiger partial charge in [-0.05, 0) is 32.1 Å². The van der Waals surface area contributed by atoms with Crippen LogP contribution in [0.1, 0.15) is 399 Å². The number of carbonyl (C=O) groups excluding carboxylic acids is 2. The second-order valence-electron chi connectivity index (χ2n) is 24.2. The number of aliphatic hydroxyl groups excluding tert-OH is 2. The van der Waals surface area contributed by atoms with Crippen molar-refractivity contribution in [2.45, 2.75) is 411 Å². The number of hydrogen-bond acceptors (Lipinski definition) is 5. The molecule has 0 fully saturated rings. The predicted octanol–water partition coefficient (Wildman–Crippen LogP) is 22.4. The highest BCUT2D eigenvalue weighted by atomic mass is 16.5. The van der Waals surface area contributed by atoms with Gasteiger partial charge in [0, 0.05) is 12.8 Å². The van der Waals surface area contributed by atoms with Crippen molar-refractivity contribution in [1.29, 1.82) is 0 Å². The van der Waals surface area contributed by atoms with Crippen LogP contribution in [0.15, 0.2) is 12.2 Å². The van der Waals surface area contributed by atoms with Crippen molar-refractivity contribution < 1.29 is 24.5 Å². The van der Waals surface area contributed by atoms with Crippen LogP contribution in [-0.4, -0.2) is 47.4 Å². The molecule has 1 amide bonds. The minimum absolute atomic E-state index is 0.0208. The molecule has 0 heterocycles. The largest absolute Gasteiger partial charge is 0.466 e. The summed E-state index contributed by atoms with van der Waals surface area (Å²) < 4.78 is 5.48. The van der Waals surface area contributed by atoms with E-state index in [9.17, 15) is 19.8 Å². The fourth-order valence-corrected chi connectivity index (χ4v) is 11.2. The van der Waals surface area contributed by atoms with Gasteiger partial charge in [-0.3, -0.25) is 9.59 Å². The van der Waals surface area contributed by atoms with Crippen LogP contribution in [0, 0.1) is 0 Å². The summed E-state index contributed by atoms with van der Waals surface area (Å²) in [7, 11) is 0. The number of hydrogen-bond donors (Lipinski definition) is 3. The van der Waals surface area contributed by atoms with Crippen molar-refractivity contribution in [2.75, 3.05) is 13.2 Å². The number of aliphatic hydroxyl groups is 2. The first-order chi connectivity index (χ1) is 37.5. The highest BCUT2D eigenvalue weighted by Gasteiger charge is 2.18. The number of amides is 1. The standard InChI is InChI=1S/C70H137NO5/c1-3-5-7-9-11-13-15-16-17-33-36-39-43-46-50-54-58-62-68(73)67(66-72)71-69(74)63-59-55-51-47-44-40-37-34-31-29-27-25-23-21-19-18-20-22-24-26-28-30-32-35-38-41-45-49-53-57-61-65-76-70(75)64-60-56-52-48-42-14-12-10-8-6-4-2/h58,62,67-68,72-73H,3-57,59-61,63-66H2,1-2H3,(H,71,74)/b62-58+. The third kappa shape index (κ3) is 61.8. The molecule has 2 unspecified atom stereocenters. The molecular formula is C70H137NO5. The van der Waals surface area contributed by atoms with Gasteiger partial charge in [0.15, 0.2) is 0 Å². The first-order valence-electron chi connectivity index (χ1n) is 35.0. The maximum absolute atomic E-state index is 12.5. The molecule has 0 aliphatic carbocycles. The molecule has 2 atom stereocenters. The van der Waals surface area contributed by atoms with Crippen LogP contribution >= 0.6 is 0 Å². The van der Waals surface area contributed by atoms with Crippen molar-refractivity contribution >= 4 is 11.9 Å². The number of rotatable bonds is 66. The lowest BCUT2D eigenvalue weighted by atomic mass is 10.0. The fraction of sp³-hybridized carbons (Fsp3) is 0.943. The van der Waals surface area contributed by atoms with Gasteiger partial charge >= 0.3 is 5.97 Å². The smallest absolute Gasteiger partial charge is 0.305 e. The molecular weight excluding hydrogens is 935 g/mol. The van der Waals surface area contributed by atoms with E-state index in [4.69, 9.17) is 4.74 Å². The molecule has 0 aromatic heterocycles. The Bertz CT molecular complexity index is 1140. The van der Waals surface area contributed by atoms with E-state index < -0.39 is 12.1 Å². The van der Waals surface area contributed by atoms with Gasteiger partial charge in [0.05, 0.1) is 25.4 Å². The molecule has 0 aliphatic rings. The lowest BCUT2D eigenvalue weighted by molar-refractivity contribution is -0.143. The molecule has 0 spiro atoms. The van der Waals surface area contributed by atoms with Gasteiger partial charge in [-0.15, -0.1) is 0 Å². The van der Waals surface area contributed by atoms with Crippen LogP contribution in [0.2, 0.25) is 0 Å². The molecule has 0 saturated heterocycles. The number of ether oxygens (including phenoxy) is 1. The number of unbranched alkanes of at least 4 members (excludes halogenated alkanes) is 55. The number of carbonyl (C=O) groups is 2. The first-order valence-corrected chi connectivity index (χ1v) is 35.0. The maximum Gasteiger partial charge on any atom is 0.305 e. The Morgan fingerprint density at radius 1 is 0.355 bits per heavy atom. The van der Waals surface area contributed by atoms with Gasteiger partial charge in [-0.1, -0.05) is 366 Å². The van der Waals surface area contributed by atoms with Gasteiger partial charge in [0.2, 0.25) is 5.91 Å². The molecule has 452 valence electrons. The van der Waals surface area contributed by atoms with E-state index in [1.54, 1.807) is 6.08 Å². The van der Waals surface area contributed by atoms with Gasteiger partial charge in [-0.2, -0.15) is 0 Å². The summed E-state index contributed by atoms with van der Waals surface area (Å²) in [6.45, 7) is 4.94. The Kier molecular flexibility index (Phi) is 64.9. The molecule has 0 aliphatic heterocycles. The minimum Gasteiger partial charge on any atom is -0.466 e. The topological polar surface area (TPSA) is 95.9 Å². The van der Waals surface area contributed by atoms with E-state index in [1.165, 1.54) is 334 Å². The molecule has 0 bridgehead atoms. The molecule has 76 heavy (non-hydrogen) atoms. The summed E-state index contributed by atoms with van der Waals surface area (Å²) in [5, 5.41) is 23.2. The maximum atomic E-state index is 12.5. The second kappa shape index (κ2) is 66.1. The van der Waals surface area contributed by atoms with E-state index in [-0.39, 0.29) is 18.5 Å². The zero-order valence-corrected chi connectivity index (χ0v) is 51.8. The number of allylic oxidation sites excluding steroid dienone is 1. The Labute approximate surface area is 476 Å². The Morgan fingerprint density at radius 2 is 0.605 bits per heavy atom. The number of nitrogens with one attached hydrogen (secondary N) is 1. The predicted molar refractivity (Wildman–Crippen MR) is 333 cm³/mol. The summed E-state index contributed by atoms with van der Waals surface area (Å²) in [6.07, 6.45) is 81.5. The quantitative estimate of drug-likeness (QED) is 0.0320. The lowest BCUT2D eigenvalue weighted by Crippen LogP contribution is -2.45. The summed E-state index contributed by atoms with van der Waals surface area (Å²) >= 11 is 0. The van der Waals surface area contributed by atoms with Crippen molar-refractivity contribution in [1.82, 2.24) is 5.32 Å². The fourth-order valence-electron chi connectivity index (χ4n) is 11.2. The molecule has 6 nitrogen and oxygen atoms in total. The lowest BCUT2D eigenvalue weighted by Gasteiger charge is -2.20. The average Bonchev–Trinajstić information content (AvgIpc) is 3.42. The third-order valence-electron chi connectivity index (χ3n) is 16.6. The first kappa shape index (κ1) is 74.6. The van der Waals surface area contributed by atoms with Crippen molar-refractivity contribution in [2.24, 2.45) is 0 Å². The summed E-state index contributed by atoms with van der Waals surface area (Å²) in [6, 6.07) is -0.624. The van der Waals surface area contributed by atoms with Crippen LogP contribution in [0.25, 0.3) is 0 Å². The van der Waals surface area contributed by atoms with E-state index in [1.807, 2.05) is 6.08 Å². The van der Waals surface area contributed by atoms with Crippen LogP contribution in [0.5, 0.6) is 0 Å². The third-order valence-corrected chi connectivity index (χ3v) is 16.6. The molecule has 0 saturated carbocycles. The number of esters is 1. The van der Waals surface area contributed by atoms with Gasteiger partial charge in [-0.25, -0.2) is 0 Å². The zero-order valence-electron chi connectivity index (χ0n) is 51.8. The van der Waals surface area contributed by atoms with E-state index in [2.05, 4.69) is 19.2 Å². The Hall–Kier alpha value is -1.40. The molecule has 0 aromatic carbocycles. The second-order valence-corrected chi connectivity index (χ2v) is 24.2. The summed E-state index contributed by atoms with van der Waals surface area (Å²) in [4.78, 5) is 24.5.